The highest BCUT2D eigenvalue weighted by atomic mass is 14.2. The molecule has 1 rings (SSSR count). The Morgan fingerprint density at radius 2 is 1.33 bits per heavy atom. The number of hydrogen-bond donors (Lipinski definition) is 0. The van der Waals surface area contributed by atoms with Crippen molar-refractivity contribution in [2.24, 2.45) is 11.8 Å². The molecule has 0 spiro atoms. The van der Waals surface area contributed by atoms with Crippen molar-refractivity contribution in [2.45, 2.75) is 104 Å². The number of unbranched alkanes of at least 4 members (excludes halogenated alkanes) is 4. The lowest BCUT2D eigenvalue weighted by molar-refractivity contribution is 0.272. The van der Waals surface area contributed by atoms with Crippen LogP contribution in [-0.4, -0.2) is 0 Å². The molecular weight excluding hydrogens is 216 g/mol. The topological polar surface area (TPSA) is 0 Å². The molecule has 0 aromatic carbocycles. The van der Waals surface area contributed by atoms with E-state index in [1.807, 2.05) is 0 Å². The second kappa shape index (κ2) is 10.9. The minimum absolute atomic E-state index is 1.06. The van der Waals surface area contributed by atoms with E-state index in [1.165, 1.54) is 89.9 Å². The molecular formula is C18H36. The molecule has 0 N–H and O–H groups in total. The first-order valence-corrected chi connectivity index (χ1v) is 8.86. The average Bonchev–Trinajstić information content (AvgIpc) is 2.32. The Morgan fingerprint density at radius 3 is 1.78 bits per heavy atom. The summed E-state index contributed by atoms with van der Waals surface area (Å²) >= 11 is 0. The maximum absolute atomic E-state index is 2.32. The molecule has 0 nitrogen and oxygen atoms in total. The maximum Gasteiger partial charge on any atom is -0.0414 e. The van der Waals surface area contributed by atoms with Crippen molar-refractivity contribution in [3.8, 4) is 0 Å². The lowest BCUT2D eigenvalue weighted by atomic mass is 9.80. The minimum Gasteiger partial charge on any atom is -0.0654 e. The van der Waals surface area contributed by atoms with Crippen molar-refractivity contribution in [3.63, 3.8) is 0 Å². The number of hydrogen-bond acceptors (Lipinski definition) is 0. The van der Waals surface area contributed by atoms with Gasteiger partial charge in [-0.05, 0) is 11.8 Å². The van der Waals surface area contributed by atoms with Gasteiger partial charge in [-0.1, -0.05) is 104 Å². The van der Waals surface area contributed by atoms with E-state index in [0.29, 0.717) is 0 Å². The summed E-state index contributed by atoms with van der Waals surface area (Å²) in [6, 6.07) is 0. The summed E-state index contributed by atoms with van der Waals surface area (Å²) in [7, 11) is 0. The van der Waals surface area contributed by atoms with Crippen LogP contribution in [0.3, 0.4) is 0 Å². The van der Waals surface area contributed by atoms with Crippen molar-refractivity contribution >= 4 is 0 Å². The third kappa shape index (κ3) is 7.44. The lowest BCUT2D eigenvalue weighted by Gasteiger charge is -2.26. The van der Waals surface area contributed by atoms with Gasteiger partial charge in [-0.2, -0.15) is 0 Å². The smallest absolute Gasteiger partial charge is 0.0414 e. The molecule has 1 fully saturated rings. The third-order valence-electron chi connectivity index (χ3n) is 4.88. The van der Waals surface area contributed by atoms with Crippen LogP contribution in [0, 0.1) is 11.8 Å². The van der Waals surface area contributed by atoms with Gasteiger partial charge in [0.15, 0.2) is 0 Å². The fourth-order valence-corrected chi connectivity index (χ4v) is 3.28. The third-order valence-corrected chi connectivity index (χ3v) is 4.88. The van der Waals surface area contributed by atoms with Gasteiger partial charge in [0.2, 0.25) is 0 Å². The normalized spacial score (nSPS) is 16.2. The van der Waals surface area contributed by atoms with Gasteiger partial charge in [-0.3, -0.25) is 0 Å². The molecule has 18 heavy (non-hydrogen) atoms. The monoisotopic (exact) mass is 252 g/mol. The van der Waals surface area contributed by atoms with Crippen LogP contribution in [0.5, 0.6) is 0 Å². The van der Waals surface area contributed by atoms with E-state index >= 15 is 0 Å². The standard InChI is InChI=1S/C18H36/c1-3-5-7-11-17(12-8-6-4-2)13-9-14-18-15-10-16-18/h17-18H,3-16H2,1-2H3. The Kier molecular flexibility index (Phi) is 9.70. The predicted octanol–water partition coefficient (Wildman–Crippen LogP) is 6.73. The zero-order chi connectivity index (χ0) is 13.1. The second-order valence-electron chi connectivity index (χ2n) is 6.59. The molecule has 0 bridgehead atoms. The summed E-state index contributed by atoms with van der Waals surface area (Å²) in [5.74, 6) is 2.18. The van der Waals surface area contributed by atoms with E-state index in [4.69, 9.17) is 0 Å². The summed E-state index contributed by atoms with van der Waals surface area (Å²) in [5.41, 5.74) is 0. The second-order valence-corrected chi connectivity index (χ2v) is 6.59. The van der Waals surface area contributed by atoms with Crippen molar-refractivity contribution in [3.05, 3.63) is 0 Å². The molecule has 0 atom stereocenters. The first kappa shape index (κ1) is 16.1. The van der Waals surface area contributed by atoms with Gasteiger partial charge >= 0.3 is 0 Å². The number of rotatable bonds is 12. The van der Waals surface area contributed by atoms with Crippen LogP contribution >= 0.6 is 0 Å². The van der Waals surface area contributed by atoms with Crippen LogP contribution in [0.4, 0.5) is 0 Å². The van der Waals surface area contributed by atoms with E-state index in [1.54, 1.807) is 0 Å². The van der Waals surface area contributed by atoms with Crippen LogP contribution in [0.25, 0.3) is 0 Å². The van der Waals surface area contributed by atoms with Crippen molar-refractivity contribution < 1.29 is 0 Å². The molecule has 0 aromatic rings. The quantitative estimate of drug-likeness (QED) is 0.338. The fourth-order valence-electron chi connectivity index (χ4n) is 3.28. The van der Waals surface area contributed by atoms with Crippen LogP contribution in [0.15, 0.2) is 0 Å². The highest BCUT2D eigenvalue weighted by molar-refractivity contribution is 4.70. The van der Waals surface area contributed by atoms with Gasteiger partial charge in [0.25, 0.3) is 0 Å². The summed E-state index contributed by atoms with van der Waals surface area (Å²) in [6.07, 6.45) is 20.8. The van der Waals surface area contributed by atoms with Gasteiger partial charge < -0.3 is 0 Å². The van der Waals surface area contributed by atoms with Crippen molar-refractivity contribution in [2.75, 3.05) is 0 Å². The van der Waals surface area contributed by atoms with Gasteiger partial charge in [0.1, 0.15) is 0 Å². The van der Waals surface area contributed by atoms with Crippen LogP contribution in [0.2, 0.25) is 0 Å². The van der Waals surface area contributed by atoms with Gasteiger partial charge in [0, 0.05) is 0 Å². The largest absolute Gasteiger partial charge is 0.0654 e. The van der Waals surface area contributed by atoms with E-state index in [2.05, 4.69) is 13.8 Å². The molecule has 0 radical (unpaired) electrons. The lowest BCUT2D eigenvalue weighted by Crippen LogP contribution is -2.11. The first-order valence-electron chi connectivity index (χ1n) is 8.86. The Bertz CT molecular complexity index is 159. The zero-order valence-corrected chi connectivity index (χ0v) is 13.1. The Morgan fingerprint density at radius 1 is 0.778 bits per heavy atom. The molecule has 0 unspecified atom stereocenters. The SMILES string of the molecule is CCCCCC(CCCCC)CCCC1CCC1. The summed E-state index contributed by atoms with van der Waals surface area (Å²) in [5, 5.41) is 0. The molecule has 0 amide bonds. The first-order chi connectivity index (χ1) is 8.86. The van der Waals surface area contributed by atoms with Crippen LogP contribution in [-0.2, 0) is 0 Å². The molecule has 1 aliphatic rings. The highest BCUT2D eigenvalue weighted by Crippen LogP contribution is 2.32. The molecule has 0 heterocycles. The van der Waals surface area contributed by atoms with E-state index in [9.17, 15) is 0 Å². The summed E-state index contributed by atoms with van der Waals surface area (Å²) in [4.78, 5) is 0. The van der Waals surface area contributed by atoms with Crippen LogP contribution < -0.4 is 0 Å². The molecule has 0 aromatic heterocycles. The maximum atomic E-state index is 2.32. The Balaban J connectivity index is 2.06. The van der Waals surface area contributed by atoms with Crippen molar-refractivity contribution in [1.82, 2.24) is 0 Å². The molecule has 1 saturated carbocycles. The molecule has 1 aliphatic carbocycles. The van der Waals surface area contributed by atoms with Gasteiger partial charge in [-0.25, -0.2) is 0 Å². The van der Waals surface area contributed by atoms with Gasteiger partial charge in [-0.15, -0.1) is 0 Å². The average molecular weight is 252 g/mol. The minimum atomic E-state index is 1.06. The van der Waals surface area contributed by atoms with Crippen molar-refractivity contribution in [1.29, 1.82) is 0 Å². The molecule has 0 saturated heterocycles. The van der Waals surface area contributed by atoms with Gasteiger partial charge in [0.05, 0.1) is 0 Å². The molecule has 108 valence electrons. The fraction of sp³-hybridized carbons (Fsp3) is 1.00. The van der Waals surface area contributed by atoms with Crippen LogP contribution in [0.1, 0.15) is 104 Å². The predicted molar refractivity (Wildman–Crippen MR) is 83.0 cm³/mol. The highest BCUT2D eigenvalue weighted by Gasteiger charge is 2.17. The van der Waals surface area contributed by atoms with E-state index < -0.39 is 0 Å². The van der Waals surface area contributed by atoms with E-state index in [0.717, 1.165) is 11.8 Å². The molecule has 0 aliphatic heterocycles. The Hall–Kier alpha value is 0. The van der Waals surface area contributed by atoms with E-state index in [-0.39, 0.29) is 0 Å². The summed E-state index contributed by atoms with van der Waals surface area (Å²) < 4.78 is 0. The zero-order valence-electron chi connectivity index (χ0n) is 13.1. The summed E-state index contributed by atoms with van der Waals surface area (Å²) in [6.45, 7) is 4.64. The molecule has 0 heteroatoms. The Labute approximate surface area is 116 Å².